The average Bonchev–Trinajstić information content (AvgIpc) is 2.49. The Morgan fingerprint density at radius 1 is 1.19 bits per heavy atom. The van der Waals surface area contributed by atoms with Crippen molar-refractivity contribution in [2.24, 2.45) is 0 Å². The van der Waals surface area contributed by atoms with E-state index in [9.17, 15) is 4.79 Å². The number of rotatable bonds is 5. The third-order valence-electron chi connectivity index (χ3n) is 3.46. The van der Waals surface area contributed by atoms with Gasteiger partial charge in [-0.3, -0.25) is 4.79 Å². The van der Waals surface area contributed by atoms with Crippen molar-refractivity contribution in [1.82, 2.24) is 0 Å². The van der Waals surface area contributed by atoms with E-state index in [0.717, 1.165) is 29.0 Å². The van der Waals surface area contributed by atoms with Crippen molar-refractivity contribution in [3.63, 3.8) is 0 Å². The molecule has 21 heavy (non-hydrogen) atoms. The Bertz CT molecular complexity index is 655. The second-order valence-corrected chi connectivity index (χ2v) is 5.76. The van der Waals surface area contributed by atoms with E-state index >= 15 is 0 Å². The van der Waals surface area contributed by atoms with Gasteiger partial charge in [0.2, 0.25) is 0 Å². The second kappa shape index (κ2) is 6.97. The number of hydrogen-bond acceptors (Lipinski definition) is 2. The third kappa shape index (κ3) is 3.78. The van der Waals surface area contributed by atoms with E-state index < -0.39 is 0 Å². The molecule has 1 unspecified atom stereocenters. The number of carbonyl (C=O) groups excluding carboxylic acids is 1. The number of nitrogens with one attached hydrogen (secondary N) is 1. The Labute approximate surface area is 135 Å². The maximum absolute atomic E-state index is 10.7. The first-order chi connectivity index (χ1) is 10.0. The molecule has 0 fully saturated rings. The van der Waals surface area contributed by atoms with Gasteiger partial charge >= 0.3 is 0 Å². The molecule has 2 aromatic rings. The first-order valence-electron chi connectivity index (χ1n) is 6.84. The molecule has 0 aliphatic carbocycles. The Kier molecular flexibility index (Phi) is 5.27. The third-order valence-corrected chi connectivity index (χ3v) is 4.00. The maximum atomic E-state index is 10.7. The zero-order valence-corrected chi connectivity index (χ0v) is 13.5. The van der Waals surface area contributed by atoms with Gasteiger partial charge in [-0.1, -0.05) is 36.2 Å². The molecule has 4 heteroatoms. The number of anilines is 1. The molecule has 0 saturated heterocycles. The monoisotopic (exact) mass is 321 g/mol. The number of benzene rings is 2. The summed E-state index contributed by atoms with van der Waals surface area (Å²) in [5.74, 6) is 0. The van der Waals surface area contributed by atoms with Crippen LogP contribution in [-0.4, -0.2) is 6.29 Å². The standard InChI is InChI=1S/C17H17Cl2NO/c1-3-13-5-6-14(18)9-15(13)11(2)20-17-7-4-12(10-21)8-16(17)19/h4-11,20H,3H2,1-2H3. The first kappa shape index (κ1) is 15.9. The predicted octanol–water partition coefficient (Wildman–Crippen LogP) is 5.54. The summed E-state index contributed by atoms with van der Waals surface area (Å²) < 4.78 is 0. The van der Waals surface area contributed by atoms with Crippen LogP contribution in [0.5, 0.6) is 0 Å². The fraction of sp³-hybridized carbons (Fsp3) is 0.235. The van der Waals surface area contributed by atoms with Crippen LogP contribution in [0.15, 0.2) is 36.4 Å². The molecule has 2 aromatic carbocycles. The zero-order valence-electron chi connectivity index (χ0n) is 12.0. The van der Waals surface area contributed by atoms with Gasteiger partial charge in [-0.15, -0.1) is 0 Å². The van der Waals surface area contributed by atoms with Crippen molar-refractivity contribution in [2.75, 3.05) is 5.32 Å². The van der Waals surface area contributed by atoms with Gasteiger partial charge in [-0.2, -0.15) is 0 Å². The highest BCUT2D eigenvalue weighted by molar-refractivity contribution is 6.33. The lowest BCUT2D eigenvalue weighted by Gasteiger charge is -2.20. The summed E-state index contributed by atoms with van der Waals surface area (Å²) in [5, 5.41) is 4.63. The molecule has 0 saturated carbocycles. The van der Waals surface area contributed by atoms with Gasteiger partial charge in [0, 0.05) is 16.6 Å². The molecular weight excluding hydrogens is 305 g/mol. The second-order valence-electron chi connectivity index (χ2n) is 4.92. The first-order valence-corrected chi connectivity index (χ1v) is 7.60. The molecule has 0 aromatic heterocycles. The molecule has 0 aliphatic heterocycles. The lowest BCUT2D eigenvalue weighted by molar-refractivity contribution is 0.112. The average molecular weight is 322 g/mol. The fourth-order valence-corrected chi connectivity index (χ4v) is 2.75. The molecule has 1 atom stereocenters. The fourth-order valence-electron chi connectivity index (χ4n) is 2.32. The molecule has 2 nitrogen and oxygen atoms in total. The highest BCUT2D eigenvalue weighted by Gasteiger charge is 2.12. The molecule has 110 valence electrons. The van der Waals surface area contributed by atoms with Gasteiger partial charge in [0.1, 0.15) is 6.29 Å². The van der Waals surface area contributed by atoms with Crippen LogP contribution >= 0.6 is 23.2 Å². The summed E-state index contributed by atoms with van der Waals surface area (Å²) >= 11 is 12.3. The molecule has 0 aliphatic rings. The van der Waals surface area contributed by atoms with Crippen LogP contribution in [0.1, 0.15) is 41.4 Å². The van der Waals surface area contributed by atoms with Crippen molar-refractivity contribution in [2.45, 2.75) is 26.3 Å². The normalized spacial score (nSPS) is 12.0. The van der Waals surface area contributed by atoms with E-state index in [-0.39, 0.29) is 6.04 Å². The minimum absolute atomic E-state index is 0.0678. The Morgan fingerprint density at radius 2 is 1.95 bits per heavy atom. The molecule has 0 radical (unpaired) electrons. The highest BCUT2D eigenvalue weighted by atomic mass is 35.5. The highest BCUT2D eigenvalue weighted by Crippen LogP contribution is 2.29. The summed E-state index contributed by atoms with van der Waals surface area (Å²) in [6.45, 7) is 4.18. The van der Waals surface area contributed by atoms with Crippen LogP contribution in [0.2, 0.25) is 10.0 Å². The van der Waals surface area contributed by atoms with E-state index in [1.54, 1.807) is 12.1 Å². The number of aryl methyl sites for hydroxylation is 1. The molecule has 0 spiro atoms. The Morgan fingerprint density at radius 3 is 2.57 bits per heavy atom. The summed E-state index contributed by atoms with van der Waals surface area (Å²) in [4.78, 5) is 10.7. The molecule has 2 rings (SSSR count). The Balaban J connectivity index is 2.27. The lowest BCUT2D eigenvalue weighted by Crippen LogP contribution is -2.09. The number of aldehydes is 1. The summed E-state index contributed by atoms with van der Waals surface area (Å²) in [7, 11) is 0. The van der Waals surface area contributed by atoms with Crippen LogP contribution < -0.4 is 5.32 Å². The SMILES string of the molecule is CCc1ccc(Cl)cc1C(C)Nc1ccc(C=O)cc1Cl. The quantitative estimate of drug-likeness (QED) is 0.732. The smallest absolute Gasteiger partial charge is 0.150 e. The van der Waals surface area contributed by atoms with Crippen LogP contribution in [0, 0.1) is 0 Å². The minimum Gasteiger partial charge on any atom is -0.377 e. The minimum atomic E-state index is 0.0678. The van der Waals surface area contributed by atoms with Crippen molar-refractivity contribution < 1.29 is 4.79 Å². The van der Waals surface area contributed by atoms with Gasteiger partial charge in [-0.05, 0) is 54.8 Å². The molecule has 0 heterocycles. The predicted molar refractivity (Wildman–Crippen MR) is 89.7 cm³/mol. The van der Waals surface area contributed by atoms with Gasteiger partial charge in [0.15, 0.2) is 0 Å². The number of halogens is 2. The summed E-state index contributed by atoms with van der Waals surface area (Å²) in [6, 6.07) is 11.2. The van der Waals surface area contributed by atoms with E-state index in [0.29, 0.717) is 10.6 Å². The van der Waals surface area contributed by atoms with Gasteiger partial charge in [0.05, 0.1) is 10.7 Å². The molecule has 0 bridgehead atoms. The van der Waals surface area contributed by atoms with E-state index in [2.05, 4.69) is 19.2 Å². The summed E-state index contributed by atoms with van der Waals surface area (Å²) in [5.41, 5.74) is 3.77. The van der Waals surface area contributed by atoms with E-state index in [1.807, 2.05) is 24.3 Å². The topological polar surface area (TPSA) is 29.1 Å². The maximum Gasteiger partial charge on any atom is 0.150 e. The largest absolute Gasteiger partial charge is 0.377 e. The zero-order chi connectivity index (χ0) is 15.4. The van der Waals surface area contributed by atoms with Crippen LogP contribution in [0.4, 0.5) is 5.69 Å². The van der Waals surface area contributed by atoms with Crippen molar-refractivity contribution in [3.05, 3.63) is 63.1 Å². The van der Waals surface area contributed by atoms with Gasteiger partial charge in [-0.25, -0.2) is 0 Å². The van der Waals surface area contributed by atoms with Crippen LogP contribution in [-0.2, 0) is 6.42 Å². The van der Waals surface area contributed by atoms with Crippen molar-refractivity contribution >= 4 is 35.2 Å². The number of hydrogen-bond donors (Lipinski definition) is 1. The van der Waals surface area contributed by atoms with Gasteiger partial charge < -0.3 is 5.32 Å². The molecular formula is C17H17Cl2NO. The molecule has 0 amide bonds. The van der Waals surface area contributed by atoms with Crippen molar-refractivity contribution in [1.29, 1.82) is 0 Å². The number of carbonyl (C=O) groups is 1. The van der Waals surface area contributed by atoms with Crippen molar-refractivity contribution in [3.8, 4) is 0 Å². The summed E-state index contributed by atoms with van der Waals surface area (Å²) in [6.07, 6.45) is 1.72. The van der Waals surface area contributed by atoms with Crippen LogP contribution in [0.3, 0.4) is 0 Å². The Hall–Kier alpha value is -1.51. The van der Waals surface area contributed by atoms with E-state index in [4.69, 9.17) is 23.2 Å². The van der Waals surface area contributed by atoms with E-state index in [1.165, 1.54) is 5.56 Å². The van der Waals surface area contributed by atoms with Gasteiger partial charge in [0.25, 0.3) is 0 Å². The lowest BCUT2D eigenvalue weighted by atomic mass is 9.99. The molecule has 1 N–H and O–H groups in total. The van der Waals surface area contributed by atoms with Crippen LogP contribution in [0.25, 0.3) is 0 Å².